The van der Waals surface area contributed by atoms with Gasteiger partial charge < -0.3 is 5.32 Å². The van der Waals surface area contributed by atoms with Gasteiger partial charge in [0, 0.05) is 6.54 Å². The van der Waals surface area contributed by atoms with Crippen LogP contribution in [0.25, 0.3) is 5.69 Å². The van der Waals surface area contributed by atoms with Crippen molar-refractivity contribution in [2.45, 2.75) is 17.7 Å². The second-order valence-corrected chi connectivity index (χ2v) is 7.40. The number of piperidine rings is 1. The summed E-state index contributed by atoms with van der Waals surface area (Å²) in [7, 11) is -3.64. The molecule has 1 saturated heterocycles. The minimum Gasteiger partial charge on any atom is -0.316 e. The number of benzene rings is 1. The van der Waals surface area contributed by atoms with E-state index in [0.717, 1.165) is 25.9 Å². The Morgan fingerprint density at radius 3 is 2.96 bits per heavy atom. The van der Waals surface area contributed by atoms with Crippen LogP contribution in [0.1, 0.15) is 12.8 Å². The van der Waals surface area contributed by atoms with Crippen LogP contribution < -0.4 is 10.0 Å². The van der Waals surface area contributed by atoms with E-state index in [9.17, 15) is 12.8 Å². The van der Waals surface area contributed by atoms with Gasteiger partial charge in [0.2, 0.25) is 10.0 Å². The van der Waals surface area contributed by atoms with Gasteiger partial charge in [0.05, 0.1) is 12.4 Å². The molecule has 1 aromatic heterocycles. The molecule has 0 amide bonds. The molecule has 1 aliphatic rings. The van der Waals surface area contributed by atoms with E-state index in [0.29, 0.717) is 12.5 Å². The molecule has 3 rings (SSSR count). The summed E-state index contributed by atoms with van der Waals surface area (Å²) in [5, 5.41) is 7.20. The number of halogens is 1. The van der Waals surface area contributed by atoms with E-state index in [4.69, 9.17) is 0 Å². The normalized spacial score (nSPS) is 18.9. The van der Waals surface area contributed by atoms with Crippen LogP contribution in [0.15, 0.2) is 41.6 Å². The summed E-state index contributed by atoms with van der Waals surface area (Å²) in [6, 6.07) is 6.09. The van der Waals surface area contributed by atoms with Gasteiger partial charge in [0.15, 0.2) is 0 Å². The molecule has 0 bridgehead atoms. The highest BCUT2D eigenvalue weighted by molar-refractivity contribution is 7.89. The van der Waals surface area contributed by atoms with E-state index in [1.807, 2.05) is 0 Å². The lowest BCUT2D eigenvalue weighted by Gasteiger charge is -2.22. The molecule has 0 saturated carbocycles. The van der Waals surface area contributed by atoms with Crippen molar-refractivity contribution in [3.8, 4) is 5.69 Å². The molecular formula is C15H19FN4O2S. The molecule has 1 aromatic carbocycles. The summed E-state index contributed by atoms with van der Waals surface area (Å²) < 4.78 is 42.2. The Morgan fingerprint density at radius 1 is 1.39 bits per heavy atom. The molecule has 1 atom stereocenters. The van der Waals surface area contributed by atoms with E-state index in [1.54, 1.807) is 18.2 Å². The topological polar surface area (TPSA) is 76.0 Å². The van der Waals surface area contributed by atoms with Crippen molar-refractivity contribution in [3.63, 3.8) is 0 Å². The summed E-state index contributed by atoms with van der Waals surface area (Å²) in [6.07, 6.45) is 4.61. The average Bonchev–Trinajstić information content (AvgIpc) is 3.05. The molecule has 23 heavy (non-hydrogen) atoms. The van der Waals surface area contributed by atoms with E-state index in [2.05, 4.69) is 15.1 Å². The van der Waals surface area contributed by atoms with E-state index in [1.165, 1.54) is 23.1 Å². The van der Waals surface area contributed by atoms with Gasteiger partial charge in [-0.15, -0.1) is 0 Å². The number of aromatic nitrogens is 2. The maximum absolute atomic E-state index is 13.7. The number of hydrogen-bond donors (Lipinski definition) is 2. The van der Waals surface area contributed by atoms with Crippen LogP contribution in [-0.2, 0) is 10.0 Å². The van der Waals surface area contributed by atoms with Gasteiger partial charge in [-0.2, -0.15) is 5.10 Å². The molecule has 2 N–H and O–H groups in total. The highest BCUT2D eigenvalue weighted by Crippen LogP contribution is 2.16. The third kappa shape index (κ3) is 3.77. The third-order valence-corrected chi connectivity index (χ3v) is 5.31. The zero-order chi connectivity index (χ0) is 16.3. The molecule has 0 aliphatic carbocycles. The molecule has 1 fully saturated rings. The number of hydrogen-bond acceptors (Lipinski definition) is 4. The Labute approximate surface area is 134 Å². The first-order chi connectivity index (χ1) is 11.1. The minimum atomic E-state index is -3.64. The monoisotopic (exact) mass is 338 g/mol. The zero-order valence-corrected chi connectivity index (χ0v) is 13.4. The molecule has 1 unspecified atom stereocenters. The van der Waals surface area contributed by atoms with Crippen LogP contribution in [0.3, 0.4) is 0 Å². The second kappa shape index (κ2) is 6.77. The van der Waals surface area contributed by atoms with Crippen LogP contribution in [0, 0.1) is 11.7 Å². The standard InChI is InChI=1S/C15H19FN4O2S/c16-14-5-1-2-6-15(14)20-11-13(10-18-20)23(21,22)19-9-12-4-3-7-17-8-12/h1-2,5-6,10-12,17,19H,3-4,7-9H2. The number of sulfonamides is 1. The SMILES string of the molecule is O=S(=O)(NCC1CCCNC1)c1cnn(-c2ccccc2F)c1. The maximum atomic E-state index is 13.7. The number of para-hydroxylation sites is 1. The summed E-state index contributed by atoms with van der Waals surface area (Å²) in [5.41, 5.74) is 0.213. The van der Waals surface area contributed by atoms with Gasteiger partial charge in [0.1, 0.15) is 16.4 Å². The first-order valence-electron chi connectivity index (χ1n) is 7.56. The Bertz CT molecular complexity index is 769. The molecule has 0 radical (unpaired) electrons. The largest absolute Gasteiger partial charge is 0.316 e. The summed E-state index contributed by atoms with van der Waals surface area (Å²) >= 11 is 0. The Balaban J connectivity index is 1.72. The number of rotatable bonds is 5. The van der Waals surface area contributed by atoms with Crippen molar-refractivity contribution in [2.75, 3.05) is 19.6 Å². The molecular weight excluding hydrogens is 319 g/mol. The van der Waals surface area contributed by atoms with Crippen LogP contribution in [0.5, 0.6) is 0 Å². The maximum Gasteiger partial charge on any atom is 0.243 e. The fourth-order valence-corrected chi connectivity index (χ4v) is 3.67. The molecule has 8 heteroatoms. The lowest BCUT2D eigenvalue weighted by Crippen LogP contribution is -2.38. The lowest BCUT2D eigenvalue weighted by atomic mass is 10.0. The van der Waals surface area contributed by atoms with Gasteiger partial charge in [-0.25, -0.2) is 22.2 Å². The smallest absolute Gasteiger partial charge is 0.243 e. The quantitative estimate of drug-likeness (QED) is 0.861. The van der Waals surface area contributed by atoms with Gasteiger partial charge in [-0.05, 0) is 44.0 Å². The first kappa shape index (κ1) is 16.1. The van der Waals surface area contributed by atoms with E-state index >= 15 is 0 Å². The first-order valence-corrected chi connectivity index (χ1v) is 9.04. The average molecular weight is 338 g/mol. The predicted molar refractivity (Wildman–Crippen MR) is 84.3 cm³/mol. The summed E-state index contributed by atoms with van der Waals surface area (Å²) in [6.45, 7) is 2.19. The van der Waals surface area contributed by atoms with Crippen molar-refractivity contribution >= 4 is 10.0 Å². The van der Waals surface area contributed by atoms with Gasteiger partial charge in [0.25, 0.3) is 0 Å². The van der Waals surface area contributed by atoms with Crippen LogP contribution >= 0.6 is 0 Å². The number of nitrogens with zero attached hydrogens (tertiary/aromatic N) is 2. The zero-order valence-electron chi connectivity index (χ0n) is 12.6. The molecule has 1 aliphatic heterocycles. The van der Waals surface area contributed by atoms with Gasteiger partial charge in [-0.3, -0.25) is 0 Å². The van der Waals surface area contributed by atoms with Crippen LogP contribution in [-0.4, -0.2) is 37.8 Å². The fourth-order valence-electron chi connectivity index (χ4n) is 2.62. The Kier molecular flexibility index (Phi) is 4.74. The molecule has 0 spiro atoms. The highest BCUT2D eigenvalue weighted by Gasteiger charge is 2.20. The molecule has 124 valence electrons. The van der Waals surface area contributed by atoms with Crippen molar-refractivity contribution < 1.29 is 12.8 Å². The fraction of sp³-hybridized carbons (Fsp3) is 0.400. The second-order valence-electron chi connectivity index (χ2n) is 5.64. The molecule has 6 nitrogen and oxygen atoms in total. The van der Waals surface area contributed by atoms with Crippen LogP contribution in [0.4, 0.5) is 4.39 Å². The predicted octanol–water partition coefficient (Wildman–Crippen LogP) is 1.29. The highest BCUT2D eigenvalue weighted by atomic mass is 32.2. The molecule has 2 aromatic rings. The Morgan fingerprint density at radius 2 is 2.22 bits per heavy atom. The van der Waals surface area contributed by atoms with E-state index < -0.39 is 15.8 Å². The van der Waals surface area contributed by atoms with Crippen molar-refractivity contribution in [3.05, 3.63) is 42.5 Å². The van der Waals surface area contributed by atoms with E-state index in [-0.39, 0.29) is 10.6 Å². The summed E-state index contributed by atoms with van der Waals surface area (Å²) in [4.78, 5) is 0.0320. The summed E-state index contributed by atoms with van der Waals surface area (Å²) in [5.74, 6) is -0.166. The molecule has 2 heterocycles. The number of nitrogens with one attached hydrogen (secondary N) is 2. The van der Waals surface area contributed by atoms with Gasteiger partial charge >= 0.3 is 0 Å². The van der Waals surface area contributed by atoms with Crippen molar-refractivity contribution in [2.24, 2.45) is 5.92 Å². The van der Waals surface area contributed by atoms with Crippen LogP contribution in [0.2, 0.25) is 0 Å². The minimum absolute atomic E-state index is 0.0320. The van der Waals surface area contributed by atoms with Crippen molar-refractivity contribution in [1.29, 1.82) is 0 Å². The van der Waals surface area contributed by atoms with Gasteiger partial charge in [-0.1, -0.05) is 12.1 Å². The Hall–Kier alpha value is -1.77. The third-order valence-electron chi connectivity index (χ3n) is 3.93. The van der Waals surface area contributed by atoms with Crippen molar-refractivity contribution in [1.82, 2.24) is 19.8 Å². The lowest BCUT2D eigenvalue weighted by molar-refractivity contribution is 0.376.